The molecule has 0 amide bonds. The van der Waals surface area contributed by atoms with E-state index in [1.54, 1.807) is 4.68 Å². The molecule has 1 saturated carbocycles. The summed E-state index contributed by atoms with van der Waals surface area (Å²) in [5.41, 5.74) is 5.58. The average Bonchev–Trinajstić information content (AvgIpc) is 3.56. The number of hydrogen-bond donors (Lipinski definition) is 0. The Hall–Kier alpha value is -3.48. The summed E-state index contributed by atoms with van der Waals surface area (Å²) in [6.45, 7) is 6.49. The molecule has 162 valence electrons. The normalized spacial score (nSPS) is 14.6. The summed E-state index contributed by atoms with van der Waals surface area (Å²) in [6, 6.07) is 8.48. The van der Waals surface area contributed by atoms with E-state index in [1.807, 2.05) is 31.0 Å². The van der Waals surface area contributed by atoms with Crippen LogP contribution in [-0.2, 0) is 6.42 Å². The molecule has 0 saturated heterocycles. The first-order valence-corrected chi connectivity index (χ1v) is 11.2. The first-order valence-electron chi connectivity index (χ1n) is 11.2. The van der Waals surface area contributed by atoms with Crippen molar-refractivity contribution in [1.29, 1.82) is 0 Å². The topological polar surface area (TPSA) is 82.3 Å². The van der Waals surface area contributed by atoms with Crippen LogP contribution in [0.25, 0.3) is 17.3 Å². The smallest absolute Gasteiger partial charge is 0.236 e. The molecule has 1 aliphatic rings. The van der Waals surface area contributed by atoms with E-state index in [4.69, 9.17) is 0 Å². The lowest BCUT2D eigenvalue weighted by Gasteiger charge is -2.12. The molecule has 0 aliphatic heterocycles. The van der Waals surface area contributed by atoms with Crippen LogP contribution < -0.4 is 0 Å². The van der Waals surface area contributed by atoms with Crippen LogP contribution in [0.5, 0.6) is 0 Å². The third-order valence-corrected chi connectivity index (χ3v) is 6.03. The van der Waals surface area contributed by atoms with Crippen molar-refractivity contribution in [2.75, 3.05) is 0 Å². The van der Waals surface area contributed by atoms with Gasteiger partial charge in [-0.3, -0.25) is 0 Å². The Balaban J connectivity index is 1.23. The molecule has 1 fully saturated rings. The Bertz CT molecular complexity index is 1170. The van der Waals surface area contributed by atoms with Gasteiger partial charge in [-0.1, -0.05) is 50.3 Å². The van der Waals surface area contributed by atoms with Crippen molar-refractivity contribution in [3.63, 3.8) is 0 Å². The highest BCUT2D eigenvalue weighted by Crippen LogP contribution is 2.38. The van der Waals surface area contributed by atoms with E-state index < -0.39 is 0 Å². The van der Waals surface area contributed by atoms with Crippen LogP contribution in [0.2, 0.25) is 0 Å². The van der Waals surface area contributed by atoms with Gasteiger partial charge in [0, 0.05) is 36.3 Å². The SMILES string of the molecule is CC(C)c1cnc(-c2ccc(C[C@@H](C)c3cnc(-n4cc(C5CC5)nn4)nc3)cc2)nc1. The maximum absolute atomic E-state index is 4.52. The molecule has 0 unspecified atom stereocenters. The molecule has 0 radical (unpaired) electrons. The maximum Gasteiger partial charge on any atom is 0.251 e. The van der Waals surface area contributed by atoms with Crippen LogP contribution >= 0.6 is 0 Å². The Morgan fingerprint density at radius 1 is 0.875 bits per heavy atom. The van der Waals surface area contributed by atoms with Crippen LogP contribution in [0.3, 0.4) is 0 Å². The molecule has 4 aromatic rings. The Labute approximate surface area is 188 Å². The summed E-state index contributed by atoms with van der Waals surface area (Å²) in [7, 11) is 0. The van der Waals surface area contributed by atoms with Crippen LogP contribution in [0.1, 0.15) is 73.8 Å². The average molecular weight is 426 g/mol. The zero-order valence-corrected chi connectivity index (χ0v) is 18.7. The molecular weight excluding hydrogens is 398 g/mol. The molecule has 0 bridgehead atoms. The van der Waals surface area contributed by atoms with Crippen molar-refractivity contribution in [3.05, 3.63) is 77.6 Å². The second-order valence-electron chi connectivity index (χ2n) is 8.98. The predicted molar refractivity (Wildman–Crippen MR) is 123 cm³/mol. The molecule has 1 aromatic carbocycles. The van der Waals surface area contributed by atoms with Gasteiger partial charge in [0.05, 0.1) is 11.9 Å². The minimum atomic E-state index is 0.300. The monoisotopic (exact) mass is 425 g/mol. The number of hydrogen-bond acceptors (Lipinski definition) is 6. The van der Waals surface area contributed by atoms with E-state index in [0.29, 0.717) is 23.7 Å². The van der Waals surface area contributed by atoms with Gasteiger partial charge in [-0.2, -0.15) is 4.68 Å². The fraction of sp³-hybridized carbons (Fsp3) is 0.360. The number of rotatable bonds is 7. The van der Waals surface area contributed by atoms with Gasteiger partial charge < -0.3 is 0 Å². The molecule has 7 nitrogen and oxygen atoms in total. The summed E-state index contributed by atoms with van der Waals surface area (Å²) in [4.78, 5) is 18.1. The van der Waals surface area contributed by atoms with E-state index in [1.165, 1.54) is 18.4 Å². The maximum atomic E-state index is 4.52. The summed E-state index contributed by atoms with van der Waals surface area (Å²) < 4.78 is 1.66. The van der Waals surface area contributed by atoms with E-state index in [9.17, 15) is 0 Å². The van der Waals surface area contributed by atoms with Gasteiger partial charge in [-0.05, 0) is 47.8 Å². The lowest BCUT2D eigenvalue weighted by Crippen LogP contribution is -2.05. The van der Waals surface area contributed by atoms with E-state index in [0.717, 1.165) is 34.6 Å². The second kappa shape index (κ2) is 8.57. The van der Waals surface area contributed by atoms with Crippen LogP contribution in [0.15, 0.2) is 55.2 Å². The predicted octanol–water partition coefficient (Wildman–Crippen LogP) is 4.86. The molecular formula is C25H27N7. The number of nitrogens with zero attached hydrogens (tertiary/aromatic N) is 7. The van der Waals surface area contributed by atoms with Crippen LogP contribution in [-0.4, -0.2) is 34.9 Å². The Kier molecular flexibility index (Phi) is 5.47. The Morgan fingerprint density at radius 2 is 1.53 bits per heavy atom. The zero-order valence-electron chi connectivity index (χ0n) is 18.7. The largest absolute Gasteiger partial charge is 0.251 e. The molecule has 7 heteroatoms. The van der Waals surface area contributed by atoms with Crippen LogP contribution in [0, 0.1) is 0 Å². The molecule has 1 atom stereocenters. The standard InChI is InChI=1S/C25H27N7/c1-16(2)21-11-26-24(27-12-21)20-6-4-18(5-7-20)10-17(3)22-13-28-25(29-14-22)32-15-23(30-31-32)19-8-9-19/h4-7,11-17,19H,8-10H2,1-3H3/t17-/m1/s1. The van der Waals surface area contributed by atoms with E-state index in [-0.39, 0.29) is 0 Å². The third-order valence-electron chi connectivity index (χ3n) is 6.03. The molecule has 3 aromatic heterocycles. The summed E-state index contributed by atoms with van der Waals surface area (Å²) in [6.07, 6.45) is 12.9. The van der Waals surface area contributed by atoms with Crippen molar-refractivity contribution in [2.45, 2.75) is 57.8 Å². The van der Waals surface area contributed by atoms with E-state index in [2.05, 4.69) is 75.3 Å². The minimum Gasteiger partial charge on any atom is -0.236 e. The molecule has 5 rings (SSSR count). The minimum absolute atomic E-state index is 0.300. The lowest BCUT2D eigenvalue weighted by molar-refractivity contribution is 0.722. The van der Waals surface area contributed by atoms with Gasteiger partial charge in [-0.25, -0.2) is 19.9 Å². The molecule has 0 spiro atoms. The first-order chi connectivity index (χ1) is 15.6. The zero-order chi connectivity index (χ0) is 22.1. The second-order valence-corrected chi connectivity index (χ2v) is 8.98. The van der Waals surface area contributed by atoms with E-state index >= 15 is 0 Å². The highest BCUT2D eigenvalue weighted by Gasteiger charge is 2.26. The van der Waals surface area contributed by atoms with Gasteiger partial charge in [-0.15, -0.1) is 5.10 Å². The van der Waals surface area contributed by atoms with Gasteiger partial charge in [0.1, 0.15) is 0 Å². The number of aromatic nitrogens is 7. The van der Waals surface area contributed by atoms with Gasteiger partial charge >= 0.3 is 0 Å². The first kappa shape index (κ1) is 20.4. The Morgan fingerprint density at radius 3 is 2.16 bits per heavy atom. The molecule has 0 N–H and O–H groups in total. The fourth-order valence-corrected chi connectivity index (χ4v) is 3.69. The summed E-state index contributed by atoms with van der Waals surface area (Å²) in [5.74, 6) is 2.63. The van der Waals surface area contributed by atoms with Crippen molar-refractivity contribution in [1.82, 2.24) is 34.9 Å². The van der Waals surface area contributed by atoms with Crippen molar-refractivity contribution in [3.8, 4) is 17.3 Å². The lowest BCUT2D eigenvalue weighted by atomic mass is 9.95. The number of benzene rings is 1. The highest BCUT2D eigenvalue weighted by atomic mass is 15.5. The summed E-state index contributed by atoms with van der Waals surface area (Å²) >= 11 is 0. The summed E-state index contributed by atoms with van der Waals surface area (Å²) in [5, 5.41) is 8.40. The molecule has 32 heavy (non-hydrogen) atoms. The third kappa shape index (κ3) is 4.42. The highest BCUT2D eigenvalue weighted by molar-refractivity contribution is 5.55. The van der Waals surface area contributed by atoms with Gasteiger partial charge in [0.25, 0.3) is 5.95 Å². The van der Waals surface area contributed by atoms with Crippen LogP contribution in [0.4, 0.5) is 0 Å². The van der Waals surface area contributed by atoms with Gasteiger partial charge in [0.2, 0.25) is 0 Å². The van der Waals surface area contributed by atoms with Crippen molar-refractivity contribution < 1.29 is 0 Å². The van der Waals surface area contributed by atoms with Crippen molar-refractivity contribution >= 4 is 0 Å². The molecule has 1 aliphatic carbocycles. The fourth-order valence-electron chi connectivity index (χ4n) is 3.69. The molecule has 3 heterocycles. The quantitative estimate of drug-likeness (QED) is 0.420. The van der Waals surface area contributed by atoms with Gasteiger partial charge in [0.15, 0.2) is 5.82 Å². The van der Waals surface area contributed by atoms with Crippen molar-refractivity contribution in [2.24, 2.45) is 0 Å².